The topological polar surface area (TPSA) is 65.0 Å². The Morgan fingerprint density at radius 2 is 0.750 bits per heavy atom. The lowest BCUT2D eigenvalue weighted by atomic mass is 9.93. The molecule has 0 spiro atoms. The highest BCUT2D eigenvalue weighted by atomic mass is 16.3. The molecule has 0 unspecified atom stereocenters. The van der Waals surface area contributed by atoms with Gasteiger partial charge in [0.15, 0.2) is 5.82 Å². The first kappa shape index (κ1) is 31.9. The Morgan fingerprint density at radius 3 is 1.36 bits per heavy atom. The molecule has 0 aliphatic rings. The zero-order valence-corrected chi connectivity index (χ0v) is 30.1. The molecule has 5 nitrogen and oxygen atoms in total. The monoisotopic (exact) mass is 717 g/mol. The van der Waals surface area contributed by atoms with E-state index in [2.05, 4.69) is 126 Å². The third-order valence-corrected chi connectivity index (χ3v) is 10.6. The maximum Gasteiger partial charge on any atom is 0.160 e. The van der Waals surface area contributed by atoms with E-state index in [9.17, 15) is 0 Å². The van der Waals surface area contributed by atoms with E-state index in [1.807, 2.05) is 67.0 Å². The molecule has 262 valence electrons. The van der Waals surface area contributed by atoms with Crippen molar-refractivity contribution in [3.8, 4) is 67.3 Å². The Kier molecular flexibility index (Phi) is 7.42. The quantitative estimate of drug-likeness (QED) is 0.171. The smallest absolute Gasteiger partial charge is 0.160 e. The summed E-state index contributed by atoms with van der Waals surface area (Å²) in [7, 11) is 0. The SMILES string of the molecule is c1ccc(-c2nc(-c3ccc(-c4ccncc4)cc3)cc(-c3cc(-c4ccc5oc6ccccc6c5c4)cc(-c4ccc5oc6ccccc6c5c4)c3)n2)cc1. The van der Waals surface area contributed by atoms with Crippen LogP contribution in [0.5, 0.6) is 0 Å². The number of hydrogen-bond donors (Lipinski definition) is 0. The van der Waals surface area contributed by atoms with Gasteiger partial charge in [0.05, 0.1) is 11.4 Å². The molecule has 7 aromatic carbocycles. The molecular weight excluding hydrogens is 687 g/mol. The van der Waals surface area contributed by atoms with E-state index in [4.69, 9.17) is 18.8 Å². The van der Waals surface area contributed by atoms with Crippen LogP contribution in [0.3, 0.4) is 0 Å². The Labute approximate surface area is 322 Å². The predicted molar refractivity (Wildman–Crippen MR) is 227 cm³/mol. The first-order chi connectivity index (χ1) is 27.7. The van der Waals surface area contributed by atoms with Crippen molar-refractivity contribution in [1.82, 2.24) is 15.0 Å². The van der Waals surface area contributed by atoms with Crippen molar-refractivity contribution in [3.63, 3.8) is 0 Å². The van der Waals surface area contributed by atoms with E-state index in [0.717, 1.165) is 105 Å². The predicted octanol–water partition coefficient (Wildman–Crippen LogP) is 13.7. The Morgan fingerprint density at radius 1 is 0.286 bits per heavy atom. The molecule has 0 amide bonds. The highest BCUT2D eigenvalue weighted by Gasteiger charge is 2.16. The largest absolute Gasteiger partial charge is 0.456 e. The van der Waals surface area contributed by atoms with E-state index in [0.29, 0.717) is 5.82 Å². The van der Waals surface area contributed by atoms with Gasteiger partial charge in [-0.3, -0.25) is 4.98 Å². The van der Waals surface area contributed by atoms with E-state index in [-0.39, 0.29) is 0 Å². The molecular formula is C51H31N3O2. The molecule has 4 aromatic heterocycles. The lowest BCUT2D eigenvalue weighted by Gasteiger charge is -2.14. The van der Waals surface area contributed by atoms with Crippen LogP contribution in [0.1, 0.15) is 0 Å². The van der Waals surface area contributed by atoms with Crippen molar-refractivity contribution in [1.29, 1.82) is 0 Å². The van der Waals surface area contributed by atoms with Crippen LogP contribution in [-0.4, -0.2) is 15.0 Å². The van der Waals surface area contributed by atoms with Crippen molar-refractivity contribution in [3.05, 3.63) is 188 Å². The molecule has 0 saturated carbocycles. The minimum atomic E-state index is 0.667. The summed E-state index contributed by atoms with van der Waals surface area (Å²) in [4.78, 5) is 14.6. The summed E-state index contributed by atoms with van der Waals surface area (Å²) >= 11 is 0. The summed E-state index contributed by atoms with van der Waals surface area (Å²) in [6.45, 7) is 0. The van der Waals surface area contributed by atoms with E-state index >= 15 is 0 Å². The summed E-state index contributed by atoms with van der Waals surface area (Å²) in [5.41, 5.74) is 14.7. The molecule has 0 fully saturated rings. The van der Waals surface area contributed by atoms with Crippen LogP contribution in [0, 0.1) is 0 Å². The summed E-state index contributed by atoms with van der Waals surface area (Å²) in [5, 5.41) is 4.37. The van der Waals surface area contributed by atoms with Gasteiger partial charge in [-0.25, -0.2) is 9.97 Å². The third kappa shape index (κ3) is 5.62. The fraction of sp³-hybridized carbons (Fsp3) is 0. The number of fused-ring (bicyclic) bond motifs is 6. The molecule has 0 N–H and O–H groups in total. The van der Waals surface area contributed by atoms with Gasteiger partial charge in [0.2, 0.25) is 0 Å². The van der Waals surface area contributed by atoms with Gasteiger partial charge in [-0.15, -0.1) is 0 Å². The average Bonchev–Trinajstić information content (AvgIpc) is 3.84. The molecule has 5 heteroatoms. The molecule has 0 bridgehead atoms. The second-order valence-corrected chi connectivity index (χ2v) is 14.1. The number of pyridine rings is 1. The highest BCUT2D eigenvalue weighted by molar-refractivity contribution is 6.07. The number of aromatic nitrogens is 3. The zero-order chi connectivity index (χ0) is 37.0. The minimum Gasteiger partial charge on any atom is -0.456 e. The van der Waals surface area contributed by atoms with Crippen LogP contribution in [0.4, 0.5) is 0 Å². The Bertz CT molecular complexity index is 3110. The third-order valence-electron chi connectivity index (χ3n) is 10.6. The fourth-order valence-corrected chi connectivity index (χ4v) is 7.76. The number of furan rings is 2. The van der Waals surface area contributed by atoms with Crippen molar-refractivity contribution < 1.29 is 8.83 Å². The van der Waals surface area contributed by atoms with Crippen molar-refractivity contribution in [2.45, 2.75) is 0 Å². The average molecular weight is 718 g/mol. The van der Waals surface area contributed by atoms with Gasteiger partial charge in [0.25, 0.3) is 0 Å². The molecule has 0 aliphatic heterocycles. The summed E-state index contributed by atoms with van der Waals surface area (Å²) in [5.74, 6) is 0.667. The summed E-state index contributed by atoms with van der Waals surface area (Å²) < 4.78 is 12.4. The Balaban J connectivity index is 1.11. The molecule has 11 rings (SSSR count). The van der Waals surface area contributed by atoms with Crippen molar-refractivity contribution >= 4 is 43.9 Å². The molecule has 4 heterocycles. The first-order valence-electron chi connectivity index (χ1n) is 18.6. The van der Waals surface area contributed by atoms with Crippen molar-refractivity contribution in [2.75, 3.05) is 0 Å². The lowest BCUT2D eigenvalue weighted by molar-refractivity contribution is 0.668. The van der Waals surface area contributed by atoms with Crippen LogP contribution >= 0.6 is 0 Å². The number of nitrogens with zero attached hydrogens (tertiary/aromatic N) is 3. The standard InChI is InChI=1S/C51H31N3O2/c1-2-8-35(9-3-1)51-53-45(34-16-14-32(15-17-34)33-22-24-52-25-23-33)31-46(54-51)40-27-38(36-18-20-49-43(29-36)41-10-4-6-12-47(41)55-49)26-39(28-40)37-19-21-50-44(30-37)42-11-5-7-13-48(42)56-50/h1-31H. The van der Waals surface area contributed by atoms with Gasteiger partial charge in [-0.1, -0.05) is 103 Å². The molecule has 0 aliphatic carbocycles. The summed E-state index contributed by atoms with van der Waals surface area (Å²) in [6, 6.07) is 61.0. The molecule has 0 saturated heterocycles. The van der Waals surface area contributed by atoms with Crippen LogP contribution in [-0.2, 0) is 0 Å². The van der Waals surface area contributed by atoms with Gasteiger partial charge < -0.3 is 8.83 Å². The normalized spacial score (nSPS) is 11.6. The molecule has 11 aromatic rings. The summed E-state index contributed by atoms with van der Waals surface area (Å²) in [6.07, 6.45) is 3.64. The number of benzene rings is 7. The number of rotatable bonds is 6. The van der Waals surface area contributed by atoms with Crippen LogP contribution in [0.25, 0.3) is 111 Å². The second kappa shape index (κ2) is 13.0. The van der Waals surface area contributed by atoms with Crippen LogP contribution in [0.2, 0.25) is 0 Å². The van der Waals surface area contributed by atoms with Crippen LogP contribution < -0.4 is 0 Å². The molecule has 56 heavy (non-hydrogen) atoms. The van der Waals surface area contributed by atoms with E-state index < -0.39 is 0 Å². The fourth-order valence-electron chi connectivity index (χ4n) is 7.76. The minimum absolute atomic E-state index is 0.667. The maximum absolute atomic E-state index is 6.21. The lowest BCUT2D eigenvalue weighted by Crippen LogP contribution is -1.96. The van der Waals surface area contributed by atoms with Gasteiger partial charge in [-0.05, 0) is 106 Å². The van der Waals surface area contributed by atoms with E-state index in [1.165, 1.54) is 0 Å². The van der Waals surface area contributed by atoms with Gasteiger partial charge in [0, 0.05) is 50.6 Å². The van der Waals surface area contributed by atoms with E-state index in [1.54, 1.807) is 0 Å². The Hall–Kier alpha value is -7.63. The number of para-hydroxylation sites is 2. The number of hydrogen-bond acceptors (Lipinski definition) is 5. The highest BCUT2D eigenvalue weighted by Crippen LogP contribution is 2.39. The van der Waals surface area contributed by atoms with Gasteiger partial charge >= 0.3 is 0 Å². The van der Waals surface area contributed by atoms with Crippen LogP contribution in [0.15, 0.2) is 197 Å². The molecule has 0 radical (unpaired) electrons. The maximum atomic E-state index is 6.21. The second-order valence-electron chi connectivity index (χ2n) is 14.1. The van der Waals surface area contributed by atoms with Crippen molar-refractivity contribution in [2.24, 2.45) is 0 Å². The van der Waals surface area contributed by atoms with Gasteiger partial charge in [-0.2, -0.15) is 0 Å². The first-order valence-corrected chi connectivity index (χ1v) is 18.6. The molecule has 0 atom stereocenters. The zero-order valence-electron chi connectivity index (χ0n) is 30.1. The van der Waals surface area contributed by atoms with Gasteiger partial charge in [0.1, 0.15) is 22.3 Å².